The molecule has 0 fully saturated rings. The second-order valence-electron chi connectivity index (χ2n) is 5.17. The lowest BCUT2D eigenvalue weighted by Gasteiger charge is -2.18. The second-order valence-corrected chi connectivity index (χ2v) is 7.18. The molecule has 1 atom stereocenters. The molecule has 1 unspecified atom stereocenters. The highest BCUT2D eigenvalue weighted by atomic mass is 32.1. The molecular formula is C16H19N3S2. The Morgan fingerprint density at radius 1 is 1.19 bits per heavy atom. The molecule has 0 radical (unpaired) electrons. The number of rotatable bonds is 5. The molecule has 0 saturated carbocycles. The van der Waals surface area contributed by atoms with Gasteiger partial charge in [0.15, 0.2) is 0 Å². The van der Waals surface area contributed by atoms with E-state index in [-0.39, 0.29) is 0 Å². The minimum atomic E-state index is 0.297. The van der Waals surface area contributed by atoms with Crippen LogP contribution >= 0.6 is 22.7 Å². The third-order valence-corrected chi connectivity index (χ3v) is 5.58. The molecule has 3 nitrogen and oxygen atoms in total. The van der Waals surface area contributed by atoms with Gasteiger partial charge in [0.05, 0.1) is 23.1 Å². The minimum Gasteiger partial charge on any atom is -0.374 e. The zero-order valence-corrected chi connectivity index (χ0v) is 14.1. The predicted octanol–water partition coefficient (Wildman–Crippen LogP) is 4.56. The first-order valence-electron chi connectivity index (χ1n) is 6.97. The number of anilines is 1. The van der Waals surface area contributed by atoms with Crippen molar-refractivity contribution in [3.8, 4) is 0 Å². The number of nitrogens with zero attached hydrogens (tertiary/aromatic N) is 2. The Morgan fingerprint density at radius 3 is 2.52 bits per heavy atom. The fraction of sp³-hybridized carbons (Fsp3) is 0.312. The molecule has 3 aromatic heterocycles. The molecule has 0 aliphatic carbocycles. The molecule has 0 aromatic carbocycles. The molecule has 1 N–H and O–H groups in total. The molecule has 110 valence electrons. The van der Waals surface area contributed by atoms with Crippen molar-refractivity contribution in [3.05, 3.63) is 56.2 Å². The lowest BCUT2D eigenvalue weighted by atomic mass is 10.1. The van der Waals surface area contributed by atoms with Crippen molar-refractivity contribution in [2.45, 2.75) is 26.3 Å². The Bertz CT molecular complexity index is 696. The summed E-state index contributed by atoms with van der Waals surface area (Å²) >= 11 is 3.62. The van der Waals surface area contributed by atoms with Crippen molar-refractivity contribution in [1.82, 2.24) is 9.78 Å². The summed E-state index contributed by atoms with van der Waals surface area (Å²) in [6.07, 6.45) is 1.01. The topological polar surface area (TPSA) is 29.9 Å². The van der Waals surface area contributed by atoms with Gasteiger partial charge in [0, 0.05) is 23.2 Å². The number of hydrogen-bond acceptors (Lipinski definition) is 4. The van der Waals surface area contributed by atoms with Gasteiger partial charge in [-0.25, -0.2) is 0 Å². The van der Waals surface area contributed by atoms with E-state index in [0.29, 0.717) is 6.04 Å². The molecule has 0 amide bonds. The summed E-state index contributed by atoms with van der Waals surface area (Å²) in [6, 6.07) is 8.94. The van der Waals surface area contributed by atoms with Gasteiger partial charge in [-0.1, -0.05) is 12.1 Å². The highest BCUT2D eigenvalue weighted by Crippen LogP contribution is 2.30. The van der Waals surface area contributed by atoms with E-state index >= 15 is 0 Å². The SMILES string of the molecule is Cc1nn(C)c(C)c1NC(Cc1cccs1)c1cccs1. The van der Waals surface area contributed by atoms with Gasteiger partial charge in [-0.3, -0.25) is 4.68 Å². The third-order valence-electron chi connectivity index (χ3n) is 3.70. The largest absolute Gasteiger partial charge is 0.374 e. The Morgan fingerprint density at radius 2 is 1.95 bits per heavy atom. The number of hydrogen-bond donors (Lipinski definition) is 1. The van der Waals surface area contributed by atoms with E-state index in [1.165, 1.54) is 15.4 Å². The molecule has 21 heavy (non-hydrogen) atoms. The summed E-state index contributed by atoms with van der Waals surface area (Å²) < 4.78 is 1.94. The maximum Gasteiger partial charge on any atom is 0.0828 e. The van der Waals surface area contributed by atoms with Crippen LogP contribution in [0.15, 0.2) is 35.0 Å². The lowest BCUT2D eigenvalue weighted by Crippen LogP contribution is -2.13. The standard InChI is InChI=1S/C16H19N3S2/c1-11-16(12(2)19(3)18-11)17-14(15-7-5-9-21-15)10-13-6-4-8-20-13/h4-9,14,17H,10H2,1-3H3. The normalized spacial score (nSPS) is 12.5. The number of aryl methyl sites for hydroxylation is 2. The molecule has 3 rings (SSSR count). The maximum absolute atomic E-state index is 4.50. The van der Waals surface area contributed by atoms with E-state index in [9.17, 15) is 0 Å². The van der Waals surface area contributed by atoms with Gasteiger partial charge in [-0.05, 0) is 36.7 Å². The van der Waals surface area contributed by atoms with Gasteiger partial charge in [0.1, 0.15) is 0 Å². The van der Waals surface area contributed by atoms with Crippen LogP contribution in [0.4, 0.5) is 5.69 Å². The first-order valence-corrected chi connectivity index (χ1v) is 8.73. The summed E-state index contributed by atoms with van der Waals surface area (Å²) in [4.78, 5) is 2.77. The first kappa shape index (κ1) is 14.4. The molecule has 3 heterocycles. The second kappa shape index (κ2) is 6.03. The van der Waals surface area contributed by atoms with Crippen molar-refractivity contribution < 1.29 is 0 Å². The van der Waals surface area contributed by atoms with Crippen LogP contribution in [0.1, 0.15) is 27.2 Å². The van der Waals surface area contributed by atoms with Gasteiger partial charge < -0.3 is 5.32 Å². The fourth-order valence-electron chi connectivity index (χ4n) is 2.50. The summed E-state index contributed by atoms with van der Waals surface area (Å²) in [5, 5.41) is 12.5. The Hall–Kier alpha value is -1.59. The van der Waals surface area contributed by atoms with Crippen molar-refractivity contribution >= 4 is 28.4 Å². The highest BCUT2D eigenvalue weighted by molar-refractivity contribution is 7.10. The van der Waals surface area contributed by atoms with E-state index < -0.39 is 0 Å². The molecule has 5 heteroatoms. The highest BCUT2D eigenvalue weighted by Gasteiger charge is 2.18. The first-order chi connectivity index (χ1) is 10.1. The van der Waals surface area contributed by atoms with Gasteiger partial charge in [-0.2, -0.15) is 5.10 Å². The van der Waals surface area contributed by atoms with Crippen molar-refractivity contribution in [2.24, 2.45) is 7.05 Å². The molecule has 0 aliphatic rings. The Balaban J connectivity index is 1.89. The average Bonchev–Trinajstić information content (AvgIpc) is 3.17. The maximum atomic E-state index is 4.50. The summed E-state index contributed by atoms with van der Waals surface area (Å²) in [7, 11) is 1.99. The van der Waals surface area contributed by atoms with E-state index in [4.69, 9.17) is 0 Å². The predicted molar refractivity (Wildman–Crippen MR) is 91.4 cm³/mol. The van der Waals surface area contributed by atoms with Crippen LogP contribution in [-0.4, -0.2) is 9.78 Å². The number of aromatic nitrogens is 2. The van der Waals surface area contributed by atoms with Crippen LogP contribution in [0, 0.1) is 13.8 Å². The molecule has 0 saturated heterocycles. The quantitative estimate of drug-likeness (QED) is 0.748. The smallest absolute Gasteiger partial charge is 0.0828 e. The Labute approximate surface area is 133 Å². The van der Waals surface area contributed by atoms with Gasteiger partial charge in [0.2, 0.25) is 0 Å². The lowest BCUT2D eigenvalue weighted by molar-refractivity contribution is 0.730. The molecule has 0 spiro atoms. The van der Waals surface area contributed by atoms with Crippen LogP contribution in [0.5, 0.6) is 0 Å². The average molecular weight is 317 g/mol. The van der Waals surface area contributed by atoms with Crippen LogP contribution in [-0.2, 0) is 13.5 Å². The van der Waals surface area contributed by atoms with E-state index in [1.807, 2.05) is 23.1 Å². The van der Waals surface area contributed by atoms with Gasteiger partial charge in [-0.15, -0.1) is 22.7 Å². The Kier molecular flexibility index (Phi) is 4.12. The van der Waals surface area contributed by atoms with Crippen LogP contribution in [0.2, 0.25) is 0 Å². The molecular weight excluding hydrogens is 298 g/mol. The molecule has 3 aromatic rings. The van der Waals surface area contributed by atoms with Crippen LogP contribution < -0.4 is 5.32 Å². The van der Waals surface area contributed by atoms with E-state index in [1.54, 1.807) is 11.3 Å². The monoisotopic (exact) mass is 317 g/mol. The zero-order valence-electron chi connectivity index (χ0n) is 12.5. The number of nitrogens with one attached hydrogen (secondary N) is 1. The van der Waals surface area contributed by atoms with E-state index in [2.05, 4.69) is 59.3 Å². The fourth-order valence-corrected chi connectivity index (χ4v) is 4.03. The number of thiophene rings is 2. The minimum absolute atomic E-state index is 0.297. The zero-order chi connectivity index (χ0) is 14.8. The van der Waals surface area contributed by atoms with Crippen molar-refractivity contribution in [2.75, 3.05) is 5.32 Å². The van der Waals surface area contributed by atoms with Crippen molar-refractivity contribution in [3.63, 3.8) is 0 Å². The van der Waals surface area contributed by atoms with Gasteiger partial charge in [0.25, 0.3) is 0 Å². The van der Waals surface area contributed by atoms with Crippen molar-refractivity contribution in [1.29, 1.82) is 0 Å². The van der Waals surface area contributed by atoms with Crippen LogP contribution in [0.25, 0.3) is 0 Å². The summed E-state index contributed by atoms with van der Waals surface area (Å²) in [6.45, 7) is 4.17. The molecule has 0 aliphatic heterocycles. The third kappa shape index (κ3) is 3.04. The van der Waals surface area contributed by atoms with Gasteiger partial charge >= 0.3 is 0 Å². The summed E-state index contributed by atoms with van der Waals surface area (Å²) in [5.41, 5.74) is 3.40. The summed E-state index contributed by atoms with van der Waals surface area (Å²) in [5.74, 6) is 0. The van der Waals surface area contributed by atoms with Crippen LogP contribution in [0.3, 0.4) is 0 Å². The molecule has 0 bridgehead atoms. The van der Waals surface area contributed by atoms with E-state index in [0.717, 1.165) is 17.8 Å².